The van der Waals surface area contributed by atoms with Crippen LogP contribution in [-0.4, -0.2) is 56.9 Å². The van der Waals surface area contributed by atoms with E-state index in [1.807, 2.05) is 17.9 Å². The van der Waals surface area contributed by atoms with Gasteiger partial charge in [0.25, 0.3) is 0 Å². The van der Waals surface area contributed by atoms with Crippen molar-refractivity contribution in [2.75, 3.05) is 27.2 Å². The van der Waals surface area contributed by atoms with Crippen molar-refractivity contribution in [2.24, 2.45) is 13.0 Å². The summed E-state index contributed by atoms with van der Waals surface area (Å²) in [6, 6.07) is 0.428. The van der Waals surface area contributed by atoms with E-state index in [-0.39, 0.29) is 0 Å². The van der Waals surface area contributed by atoms with E-state index in [0.717, 1.165) is 31.3 Å². The molecule has 0 N–H and O–H groups in total. The van der Waals surface area contributed by atoms with E-state index in [2.05, 4.69) is 45.3 Å². The molecule has 1 saturated carbocycles. The zero-order valence-corrected chi connectivity index (χ0v) is 15.4. The topological polar surface area (TPSA) is 63.2 Å². The van der Waals surface area contributed by atoms with Crippen LogP contribution in [0.3, 0.4) is 0 Å². The van der Waals surface area contributed by atoms with Crippen molar-refractivity contribution in [1.29, 1.82) is 0 Å². The SMILES string of the molecule is CN(Cc1noc(C2CC2)n1)C[C@@H]1CCCN(C)[C@H]1c1cnn(C)c1. The van der Waals surface area contributed by atoms with Crippen LogP contribution in [0.1, 0.15) is 54.9 Å². The van der Waals surface area contributed by atoms with Crippen LogP contribution >= 0.6 is 0 Å². The average Bonchev–Trinajstić information content (AvgIpc) is 3.18. The summed E-state index contributed by atoms with van der Waals surface area (Å²) < 4.78 is 7.28. The Morgan fingerprint density at radius 2 is 2.12 bits per heavy atom. The van der Waals surface area contributed by atoms with Crippen LogP contribution in [0, 0.1) is 5.92 Å². The Labute approximate surface area is 149 Å². The summed E-state index contributed by atoms with van der Waals surface area (Å²) >= 11 is 0. The van der Waals surface area contributed by atoms with Gasteiger partial charge in [0.05, 0.1) is 12.7 Å². The van der Waals surface area contributed by atoms with Crippen LogP contribution in [0.2, 0.25) is 0 Å². The highest BCUT2D eigenvalue weighted by Gasteiger charge is 2.33. The fourth-order valence-electron chi connectivity index (χ4n) is 4.10. The lowest BCUT2D eigenvalue weighted by Gasteiger charge is -2.40. The molecular formula is C18H28N6O. The maximum Gasteiger partial charge on any atom is 0.229 e. The fourth-order valence-corrected chi connectivity index (χ4v) is 4.10. The maximum absolute atomic E-state index is 5.38. The van der Waals surface area contributed by atoms with Gasteiger partial charge in [-0.15, -0.1) is 0 Å². The number of hydrogen-bond acceptors (Lipinski definition) is 6. The molecule has 7 nitrogen and oxygen atoms in total. The van der Waals surface area contributed by atoms with E-state index in [4.69, 9.17) is 4.52 Å². The minimum absolute atomic E-state index is 0.428. The summed E-state index contributed by atoms with van der Waals surface area (Å²) in [5.74, 6) is 2.75. The van der Waals surface area contributed by atoms with Gasteiger partial charge in [-0.2, -0.15) is 10.1 Å². The second-order valence-electron chi connectivity index (χ2n) is 7.79. The third-order valence-electron chi connectivity index (χ3n) is 5.44. The van der Waals surface area contributed by atoms with Crippen molar-refractivity contribution in [1.82, 2.24) is 29.7 Å². The number of aromatic nitrogens is 4. The second-order valence-corrected chi connectivity index (χ2v) is 7.79. The van der Waals surface area contributed by atoms with Crippen molar-refractivity contribution >= 4 is 0 Å². The summed E-state index contributed by atoms with van der Waals surface area (Å²) in [5.41, 5.74) is 1.32. The first-order chi connectivity index (χ1) is 12.1. The van der Waals surface area contributed by atoms with Gasteiger partial charge in [-0.05, 0) is 52.2 Å². The van der Waals surface area contributed by atoms with Gasteiger partial charge < -0.3 is 4.52 Å². The lowest BCUT2D eigenvalue weighted by molar-refractivity contribution is 0.0917. The fraction of sp³-hybridized carbons (Fsp3) is 0.722. The second kappa shape index (κ2) is 6.88. The number of likely N-dealkylation sites (tertiary alicyclic amines) is 1. The molecule has 2 aromatic heterocycles. The molecule has 3 heterocycles. The smallest absolute Gasteiger partial charge is 0.229 e. The van der Waals surface area contributed by atoms with Gasteiger partial charge in [0.1, 0.15) is 0 Å². The van der Waals surface area contributed by atoms with Crippen LogP contribution in [0.25, 0.3) is 0 Å². The third kappa shape index (κ3) is 3.77. The quantitative estimate of drug-likeness (QED) is 0.800. The Morgan fingerprint density at radius 3 is 2.84 bits per heavy atom. The monoisotopic (exact) mass is 344 g/mol. The van der Waals surface area contributed by atoms with Crippen molar-refractivity contribution in [2.45, 2.75) is 44.2 Å². The third-order valence-corrected chi connectivity index (χ3v) is 5.44. The maximum atomic E-state index is 5.38. The molecule has 1 aliphatic heterocycles. The van der Waals surface area contributed by atoms with Gasteiger partial charge in [-0.25, -0.2) is 0 Å². The van der Waals surface area contributed by atoms with E-state index >= 15 is 0 Å². The lowest BCUT2D eigenvalue weighted by atomic mass is 9.86. The van der Waals surface area contributed by atoms with Crippen LogP contribution in [0.15, 0.2) is 16.9 Å². The zero-order chi connectivity index (χ0) is 17.4. The average molecular weight is 344 g/mol. The summed E-state index contributed by atoms with van der Waals surface area (Å²) in [7, 11) is 6.37. The number of rotatable bonds is 6. The van der Waals surface area contributed by atoms with Gasteiger partial charge in [-0.3, -0.25) is 14.5 Å². The van der Waals surface area contributed by atoms with Crippen molar-refractivity contribution in [3.8, 4) is 0 Å². The minimum Gasteiger partial charge on any atom is -0.339 e. The number of piperidine rings is 1. The predicted molar refractivity (Wildman–Crippen MR) is 93.9 cm³/mol. The van der Waals surface area contributed by atoms with E-state index in [9.17, 15) is 0 Å². The molecule has 0 amide bonds. The van der Waals surface area contributed by atoms with Crippen molar-refractivity contribution in [3.05, 3.63) is 29.7 Å². The summed E-state index contributed by atoms with van der Waals surface area (Å²) in [6.45, 7) is 2.92. The van der Waals surface area contributed by atoms with Gasteiger partial charge in [0, 0.05) is 37.3 Å². The van der Waals surface area contributed by atoms with Crippen molar-refractivity contribution < 1.29 is 4.52 Å². The molecule has 0 aromatic carbocycles. The molecule has 25 heavy (non-hydrogen) atoms. The van der Waals surface area contributed by atoms with Crippen LogP contribution in [-0.2, 0) is 13.6 Å². The molecule has 0 bridgehead atoms. The highest BCUT2D eigenvalue weighted by atomic mass is 16.5. The molecular weight excluding hydrogens is 316 g/mol. The van der Waals surface area contributed by atoms with E-state index in [1.165, 1.54) is 31.2 Å². The molecule has 4 rings (SSSR count). The molecule has 2 atom stereocenters. The minimum atomic E-state index is 0.428. The predicted octanol–water partition coefficient (Wildman–Crippen LogP) is 2.20. The van der Waals surface area contributed by atoms with Gasteiger partial charge in [-0.1, -0.05) is 5.16 Å². The van der Waals surface area contributed by atoms with Crippen molar-refractivity contribution in [3.63, 3.8) is 0 Å². The zero-order valence-electron chi connectivity index (χ0n) is 15.4. The normalized spacial score (nSPS) is 25.0. The van der Waals surface area contributed by atoms with Crippen LogP contribution < -0.4 is 0 Å². The largest absolute Gasteiger partial charge is 0.339 e. The first-order valence-electron chi connectivity index (χ1n) is 9.30. The summed E-state index contributed by atoms with van der Waals surface area (Å²) in [6.07, 6.45) is 9.05. The molecule has 136 valence electrons. The van der Waals surface area contributed by atoms with Gasteiger partial charge in [0.15, 0.2) is 5.82 Å². The molecule has 2 aromatic rings. The van der Waals surface area contributed by atoms with Gasteiger partial charge >= 0.3 is 0 Å². The Hall–Kier alpha value is -1.73. The number of nitrogens with zero attached hydrogens (tertiary/aromatic N) is 6. The molecule has 1 saturated heterocycles. The first kappa shape index (κ1) is 16.7. The Bertz CT molecular complexity index is 706. The van der Waals surface area contributed by atoms with Gasteiger partial charge in [0.2, 0.25) is 5.89 Å². The summed E-state index contributed by atoms with van der Waals surface area (Å²) in [5, 5.41) is 8.53. The molecule has 7 heteroatoms. The Balaban J connectivity index is 1.41. The van der Waals surface area contributed by atoms with Crippen LogP contribution in [0.5, 0.6) is 0 Å². The molecule has 2 fully saturated rings. The highest BCUT2D eigenvalue weighted by molar-refractivity contribution is 5.13. The van der Waals surface area contributed by atoms with E-state index in [0.29, 0.717) is 17.9 Å². The van der Waals surface area contributed by atoms with Crippen LogP contribution in [0.4, 0.5) is 0 Å². The molecule has 2 aliphatic rings. The Kier molecular flexibility index (Phi) is 4.60. The molecule has 0 radical (unpaired) electrons. The Morgan fingerprint density at radius 1 is 1.28 bits per heavy atom. The summed E-state index contributed by atoms with van der Waals surface area (Å²) in [4.78, 5) is 9.36. The molecule has 1 aliphatic carbocycles. The molecule has 0 spiro atoms. The highest BCUT2D eigenvalue weighted by Crippen LogP contribution is 2.39. The number of aryl methyl sites for hydroxylation is 1. The molecule has 0 unspecified atom stereocenters. The number of hydrogen-bond donors (Lipinski definition) is 0. The van der Waals surface area contributed by atoms with E-state index in [1.54, 1.807) is 0 Å². The standard InChI is InChI=1S/C18H28N6O/c1-22(12-16-20-18(25-21-16)13-6-7-13)10-14-5-4-8-23(2)17(14)15-9-19-24(3)11-15/h9,11,13-14,17H,4-8,10,12H2,1-3H3/t14-,17+/m0/s1. The van der Waals surface area contributed by atoms with E-state index < -0.39 is 0 Å². The first-order valence-corrected chi connectivity index (χ1v) is 9.30. The lowest BCUT2D eigenvalue weighted by Crippen LogP contribution is -2.40.